The van der Waals surface area contributed by atoms with Crippen LogP contribution in [0.5, 0.6) is 0 Å². The van der Waals surface area contributed by atoms with Gasteiger partial charge >= 0.3 is 5.97 Å². The lowest BCUT2D eigenvalue weighted by molar-refractivity contribution is -0.137. The smallest absolute Gasteiger partial charge is 0.303 e. The van der Waals surface area contributed by atoms with Crippen LogP contribution in [0.3, 0.4) is 0 Å². The molecule has 1 heterocycles. The Balaban J connectivity index is 2.02. The average molecular weight is 285 g/mol. The van der Waals surface area contributed by atoms with Crippen molar-refractivity contribution in [2.45, 2.75) is 57.4 Å². The second kappa shape index (κ2) is 5.92. The van der Waals surface area contributed by atoms with Gasteiger partial charge in [-0.1, -0.05) is 44.4 Å². The molecular weight excluding hydrogens is 262 g/mol. The van der Waals surface area contributed by atoms with Crippen LogP contribution in [-0.2, 0) is 4.79 Å². The minimum absolute atomic E-state index is 0.0530. The van der Waals surface area contributed by atoms with E-state index in [1.54, 1.807) is 0 Å². The molecule has 3 rings (SSSR count). The van der Waals surface area contributed by atoms with E-state index in [0.717, 1.165) is 0 Å². The molecule has 21 heavy (non-hydrogen) atoms. The lowest BCUT2D eigenvalue weighted by Gasteiger charge is -2.24. The summed E-state index contributed by atoms with van der Waals surface area (Å²) in [5.74, 6) is -0.672. The van der Waals surface area contributed by atoms with Gasteiger partial charge in [0.05, 0.1) is 6.42 Å². The van der Waals surface area contributed by atoms with Crippen molar-refractivity contribution in [1.29, 1.82) is 0 Å². The van der Waals surface area contributed by atoms with Gasteiger partial charge in [-0.3, -0.25) is 4.79 Å². The fourth-order valence-electron chi connectivity index (χ4n) is 3.66. The summed E-state index contributed by atoms with van der Waals surface area (Å²) in [4.78, 5) is 11.0. The zero-order valence-corrected chi connectivity index (χ0v) is 12.6. The Kier molecular flexibility index (Phi) is 4.00. The molecule has 0 bridgehead atoms. The predicted molar refractivity (Wildman–Crippen MR) is 84.7 cm³/mol. The van der Waals surface area contributed by atoms with Gasteiger partial charge in [-0.05, 0) is 30.4 Å². The van der Waals surface area contributed by atoms with Gasteiger partial charge in [0.25, 0.3) is 0 Å². The van der Waals surface area contributed by atoms with E-state index in [4.69, 9.17) is 5.11 Å². The number of nitrogens with zero attached hydrogens (tertiary/aromatic N) is 1. The normalized spacial score (nSPS) is 18.0. The third kappa shape index (κ3) is 2.82. The van der Waals surface area contributed by atoms with Crippen molar-refractivity contribution in [3.63, 3.8) is 0 Å². The van der Waals surface area contributed by atoms with Crippen LogP contribution < -0.4 is 0 Å². The number of aromatic nitrogens is 1. The molecule has 2 aromatic rings. The van der Waals surface area contributed by atoms with Gasteiger partial charge in [0, 0.05) is 23.1 Å². The van der Waals surface area contributed by atoms with Crippen LogP contribution in [0.1, 0.15) is 63.0 Å². The summed E-state index contributed by atoms with van der Waals surface area (Å²) in [5.41, 5.74) is 2.44. The number of para-hydroxylation sites is 1. The Morgan fingerprint density at radius 1 is 1.29 bits per heavy atom. The molecule has 1 fully saturated rings. The van der Waals surface area contributed by atoms with Crippen LogP contribution in [0.4, 0.5) is 0 Å². The first kappa shape index (κ1) is 14.2. The Morgan fingerprint density at radius 3 is 2.71 bits per heavy atom. The number of fused-ring (bicyclic) bond motifs is 1. The number of hydrogen-bond acceptors (Lipinski definition) is 1. The van der Waals surface area contributed by atoms with Gasteiger partial charge in [0.2, 0.25) is 0 Å². The number of carbonyl (C=O) groups is 1. The Hall–Kier alpha value is -1.77. The maximum absolute atomic E-state index is 11.0. The Bertz CT molecular complexity index is 638. The summed E-state index contributed by atoms with van der Waals surface area (Å²) in [5, 5.41) is 10.3. The molecule has 1 aromatic carbocycles. The fourth-order valence-corrected chi connectivity index (χ4v) is 3.66. The van der Waals surface area contributed by atoms with Crippen molar-refractivity contribution in [3.8, 4) is 0 Å². The lowest BCUT2D eigenvalue weighted by atomic mass is 9.95. The highest BCUT2D eigenvalue weighted by Crippen LogP contribution is 2.36. The molecule has 0 radical (unpaired) electrons. The molecule has 1 atom stereocenters. The quantitative estimate of drug-likeness (QED) is 0.882. The van der Waals surface area contributed by atoms with Crippen LogP contribution in [0.2, 0.25) is 0 Å². The van der Waals surface area contributed by atoms with Crippen LogP contribution in [0.25, 0.3) is 10.9 Å². The predicted octanol–water partition coefficient (Wildman–Crippen LogP) is 4.72. The van der Waals surface area contributed by atoms with Gasteiger partial charge in [0.15, 0.2) is 0 Å². The SMILES string of the molecule is CC(CC(=O)O)c1cn(C2CCCCC2)c2ccccc12. The van der Waals surface area contributed by atoms with Crippen molar-refractivity contribution in [2.75, 3.05) is 0 Å². The molecule has 0 aliphatic heterocycles. The lowest BCUT2D eigenvalue weighted by Crippen LogP contribution is -2.11. The van der Waals surface area contributed by atoms with E-state index < -0.39 is 5.97 Å². The second-order valence-electron chi connectivity index (χ2n) is 6.30. The van der Waals surface area contributed by atoms with Crippen LogP contribution >= 0.6 is 0 Å². The summed E-state index contributed by atoms with van der Waals surface area (Å²) in [6.45, 7) is 2.01. The highest BCUT2D eigenvalue weighted by Gasteiger charge is 2.21. The van der Waals surface area contributed by atoms with Crippen molar-refractivity contribution in [3.05, 3.63) is 36.0 Å². The molecule has 0 spiro atoms. The van der Waals surface area contributed by atoms with Gasteiger partial charge < -0.3 is 9.67 Å². The number of carboxylic acid groups (broad SMARTS) is 1. The zero-order chi connectivity index (χ0) is 14.8. The topological polar surface area (TPSA) is 42.2 Å². The highest BCUT2D eigenvalue weighted by atomic mass is 16.4. The summed E-state index contributed by atoms with van der Waals surface area (Å²) in [7, 11) is 0. The third-order valence-electron chi connectivity index (χ3n) is 4.75. The molecule has 0 saturated heterocycles. The third-order valence-corrected chi connectivity index (χ3v) is 4.75. The van der Waals surface area contributed by atoms with Gasteiger partial charge in [0.1, 0.15) is 0 Å². The molecule has 1 aromatic heterocycles. The van der Waals surface area contributed by atoms with E-state index in [1.165, 1.54) is 48.6 Å². The largest absolute Gasteiger partial charge is 0.481 e. The Morgan fingerprint density at radius 2 is 2.00 bits per heavy atom. The van der Waals surface area contributed by atoms with E-state index in [9.17, 15) is 4.79 Å². The number of rotatable bonds is 4. The van der Waals surface area contributed by atoms with E-state index >= 15 is 0 Å². The van der Waals surface area contributed by atoms with Crippen molar-refractivity contribution >= 4 is 16.9 Å². The molecule has 0 amide bonds. The standard InChI is InChI=1S/C18H23NO2/c1-13(11-18(20)21)16-12-19(14-7-3-2-4-8-14)17-10-6-5-9-15(16)17/h5-6,9-10,12-14H,2-4,7-8,11H2,1H3,(H,20,21). The molecule has 1 N–H and O–H groups in total. The van der Waals surface area contributed by atoms with Crippen molar-refractivity contribution < 1.29 is 9.90 Å². The fraction of sp³-hybridized carbons (Fsp3) is 0.500. The number of carboxylic acids is 1. The minimum atomic E-state index is -0.725. The number of hydrogen-bond donors (Lipinski definition) is 1. The van der Waals surface area contributed by atoms with Crippen LogP contribution in [0.15, 0.2) is 30.5 Å². The summed E-state index contributed by atoms with van der Waals surface area (Å²) in [6.07, 6.45) is 8.84. The molecule has 1 aliphatic carbocycles. The highest BCUT2D eigenvalue weighted by molar-refractivity contribution is 5.85. The van der Waals surface area contributed by atoms with Gasteiger partial charge in [-0.25, -0.2) is 0 Å². The molecule has 3 nitrogen and oxygen atoms in total. The monoisotopic (exact) mass is 285 g/mol. The average Bonchev–Trinajstić information content (AvgIpc) is 2.87. The Labute approximate surface area is 125 Å². The summed E-state index contributed by atoms with van der Waals surface area (Å²) in [6, 6.07) is 9.00. The first-order valence-electron chi connectivity index (χ1n) is 7.98. The molecule has 112 valence electrons. The van der Waals surface area contributed by atoms with Gasteiger partial charge in [-0.2, -0.15) is 0 Å². The second-order valence-corrected chi connectivity index (χ2v) is 6.30. The van der Waals surface area contributed by atoms with Gasteiger partial charge in [-0.15, -0.1) is 0 Å². The first-order valence-corrected chi connectivity index (χ1v) is 7.98. The minimum Gasteiger partial charge on any atom is -0.481 e. The van der Waals surface area contributed by atoms with E-state index in [1.807, 2.05) is 13.0 Å². The number of aliphatic carboxylic acids is 1. The summed E-state index contributed by atoms with van der Waals surface area (Å²) >= 11 is 0. The molecular formula is C18H23NO2. The zero-order valence-electron chi connectivity index (χ0n) is 12.6. The van der Waals surface area contributed by atoms with E-state index in [0.29, 0.717) is 6.04 Å². The first-order chi connectivity index (χ1) is 10.2. The van der Waals surface area contributed by atoms with Crippen molar-refractivity contribution in [1.82, 2.24) is 4.57 Å². The summed E-state index contributed by atoms with van der Waals surface area (Å²) < 4.78 is 2.40. The number of benzene rings is 1. The molecule has 1 unspecified atom stereocenters. The van der Waals surface area contributed by atoms with E-state index in [2.05, 4.69) is 29.0 Å². The molecule has 3 heteroatoms. The molecule has 1 saturated carbocycles. The van der Waals surface area contributed by atoms with Crippen molar-refractivity contribution in [2.24, 2.45) is 0 Å². The maximum Gasteiger partial charge on any atom is 0.303 e. The molecule has 1 aliphatic rings. The van der Waals surface area contributed by atoms with Crippen LogP contribution in [-0.4, -0.2) is 15.6 Å². The van der Waals surface area contributed by atoms with Crippen LogP contribution in [0, 0.1) is 0 Å². The maximum atomic E-state index is 11.0. The van der Waals surface area contributed by atoms with E-state index in [-0.39, 0.29) is 12.3 Å².